The summed E-state index contributed by atoms with van der Waals surface area (Å²) in [6, 6.07) is 24.1. The average molecular weight is 418 g/mol. The van der Waals surface area contributed by atoms with Crippen molar-refractivity contribution in [2.75, 3.05) is 6.54 Å². The van der Waals surface area contributed by atoms with Crippen LogP contribution >= 0.6 is 23.5 Å². The van der Waals surface area contributed by atoms with Gasteiger partial charge in [0.25, 0.3) is 0 Å². The van der Waals surface area contributed by atoms with Crippen LogP contribution in [-0.2, 0) is 0 Å². The van der Waals surface area contributed by atoms with Crippen molar-refractivity contribution >= 4 is 28.7 Å². The van der Waals surface area contributed by atoms with Gasteiger partial charge >= 0.3 is 0 Å². The summed E-state index contributed by atoms with van der Waals surface area (Å²) in [7, 11) is 0. The van der Waals surface area contributed by atoms with E-state index in [9.17, 15) is 0 Å². The summed E-state index contributed by atoms with van der Waals surface area (Å²) in [6.07, 6.45) is 1.87. The van der Waals surface area contributed by atoms with Crippen molar-refractivity contribution in [2.24, 2.45) is 4.99 Å². The van der Waals surface area contributed by atoms with Gasteiger partial charge in [-0.2, -0.15) is 0 Å². The van der Waals surface area contributed by atoms with Crippen LogP contribution in [0.15, 0.2) is 87.7 Å². The lowest BCUT2D eigenvalue weighted by Gasteiger charge is -2.27. The van der Waals surface area contributed by atoms with E-state index in [1.807, 2.05) is 24.0 Å². The van der Waals surface area contributed by atoms with Crippen molar-refractivity contribution in [1.29, 1.82) is 0 Å². The maximum atomic E-state index is 5.06. The largest absolute Gasteiger partial charge is 0.341 e. The van der Waals surface area contributed by atoms with Crippen molar-refractivity contribution < 1.29 is 0 Å². The van der Waals surface area contributed by atoms with E-state index in [0.717, 1.165) is 17.4 Å². The Bertz CT molecular complexity index is 1020. The van der Waals surface area contributed by atoms with E-state index in [-0.39, 0.29) is 12.1 Å². The van der Waals surface area contributed by atoms with E-state index in [0.29, 0.717) is 5.25 Å². The molecule has 1 aromatic heterocycles. The van der Waals surface area contributed by atoms with Crippen molar-refractivity contribution in [1.82, 2.24) is 9.88 Å². The number of hydrogen-bond donors (Lipinski definition) is 0. The Morgan fingerprint density at radius 3 is 2.38 bits per heavy atom. The molecule has 2 aliphatic rings. The maximum Gasteiger partial charge on any atom is 0.160 e. The number of aliphatic imine (C=N–C) groups is 1. The van der Waals surface area contributed by atoms with Crippen LogP contribution in [0.25, 0.3) is 0 Å². The molecular formula is C24H23N3S2. The van der Waals surface area contributed by atoms with Crippen molar-refractivity contribution in [3.05, 3.63) is 89.7 Å². The molecule has 2 aliphatic heterocycles. The third-order valence-corrected chi connectivity index (χ3v) is 7.48. The van der Waals surface area contributed by atoms with Gasteiger partial charge in [0.2, 0.25) is 0 Å². The van der Waals surface area contributed by atoms with Crippen LogP contribution < -0.4 is 0 Å². The molecule has 29 heavy (non-hydrogen) atoms. The molecule has 0 radical (unpaired) electrons. The molecule has 5 heteroatoms. The Morgan fingerprint density at radius 2 is 1.69 bits per heavy atom. The lowest BCUT2D eigenvalue weighted by molar-refractivity contribution is 0.321. The second kappa shape index (κ2) is 7.88. The van der Waals surface area contributed by atoms with Gasteiger partial charge in [-0.25, -0.2) is 0 Å². The molecule has 0 unspecified atom stereocenters. The highest BCUT2D eigenvalue weighted by Crippen LogP contribution is 2.47. The van der Waals surface area contributed by atoms with Crippen molar-refractivity contribution in [3.63, 3.8) is 0 Å². The Labute approximate surface area is 180 Å². The molecule has 3 nitrogen and oxygen atoms in total. The zero-order chi connectivity index (χ0) is 19.8. The normalized spacial score (nSPS) is 23.2. The van der Waals surface area contributed by atoms with E-state index >= 15 is 0 Å². The number of hydrogen-bond acceptors (Lipinski definition) is 5. The lowest BCUT2D eigenvalue weighted by atomic mass is 9.96. The predicted molar refractivity (Wildman–Crippen MR) is 123 cm³/mol. The number of aromatic nitrogens is 1. The van der Waals surface area contributed by atoms with E-state index < -0.39 is 0 Å². The first kappa shape index (κ1) is 18.8. The second-order valence-corrected chi connectivity index (χ2v) is 10.2. The quantitative estimate of drug-likeness (QED) is 0.510. The second-order valence-electron chi connectivity index (χ2n) is 7.62. The van der Waals surface area contributed by atoms with Gasteiger partial charge in [0.15, 0.2) is 5.17 Å². The molecule has 146 valence electrons. The Hall–Kier alpha value is -2.24. The molecule has 3 atom stereocenters. The number of benzene rings is 2. The highest BCUT2D eigenvalue weighted by Gasteiger charge is 2.43. The number of rotatable bonds is 4. The van der Waals surface area contributed by atoms with E-state index in [1.165, 1.54) is 20.9 Å². The molecule has 3 aromatic rings. The van der Waals surface area contributed by atoms with E-state index in [2.05, 4.69) is 84.4 Å². The fourth-order valence-electron chi connectivity index (χ4n) is 3.95. The standard InChI is InChI=1S/C24H23N3S2/c1-16-6-10-19(11-7-16)29-20-12-8-18(9-13-20)23-22(21-5-3-4-14-25-21)26-24-27(23)15-17(2)28-24/h3-14,17,22-23H,15H2,1-2H3/t17-,22+,23-/m1/s1. The zero-order valence-electron chi connectivity index (χ0n) is 16.5. The maximum absolute atomic E-state index is 5.06. The summed E-state index contributed by atoms with van der Waals surface area (Å²) in [5.41, 5.74) is 3.65. The number of amidine groups is 1. The summed E-state index contributed by atoms with van der Waals surface area (Å²) >= 11 is 3.69. The fourth-order valence-corrected chi connectivity index (χ4v) is 5.86. The Morgan fingerprint density at radius 1 is 0.966 bits per heavy atom. The van der Waals surface area contributed by atoms with Gasteiger partial charge in [-0.05, 0) is 48.9 Å². The van der Waals surface area contributed by atoms with Crippen LogP contribution in [0, 0.1) is 6.92 Å². The molecule has 0 amide bonds. The smallest absolute Gasteiger partial charge is 0.160 e. The number of aryl methyl sites for hydroxylation is 1. The number of fused-ring (bicyclic) bond motifs is 1. The first-order valence-corrected chi connectivity index (χ1v) is 11.6. The molecule has 1 fully saturated rings. The zero-order valence-corrected chi connectivity index (χ0v) is 18.2. The van der Waals surface area contributed by atoms with Gasteiger partial charge in [0, 0.05) is 27.8 Å². The SMILES string of the molecule is Cc1ccc(Sc2ccc([C@@H]3[C@H](c4ccccn4)N=C4S[C@H](C)CN43)cc2)cc1. The molecule has 3 heterocycles. The fraction of sp³-hybridized carbons (Fsp3) is 0.250. The van der Waals surface area contributed by atoms with Gasteiger partial charge in [-0.3, -0.25) is 9.98 Å². The molecule has 1 saturated heterocycles. The molecule has 0 aliphatic carbocycles. The highest BCUT2D eigenvalue weighted by atomic mass is 32.2. The molecule has 5 rings (SSSR count). The average Bonchev–Trinajstić information content (AvgIpc) is 3.27. The lowest BCUT2D eigenvalue weighted by Crippen LogP contribution is -2.28. The third kappa shape index (κ3) is 3.81. The first-order chi connectivity index (χ1) is 14.2. The van der Waals surface area contributed by atoms with Crippen LogP contribution in [0.5, 0.6) is 0 Å². The number of pyridine rings is 1. The molecule has 0 spiro atoms. The molecular weight excluding hydrogens is 394 g/mol. The minimum Gasteiger partial charge on any atom is -0.341 e. The number of thioether (sulfide) groups is 1. The van der Waals surface area contributed by atoms with Gasteiger partial charge in [-0.1, -0.05) is 66.3 Å². The summed E-state index contributed by atoms with van der Waals surface area (Å²) in [6.45, 7) is 5.44. The first-order valence-electron chi connectivity index (χ1n) is 9.94. The number of nitrogens with zero attached hydrogens (tertiary/aromatic N) is 3. The molecule has 0 bridgehead atoms. The summed E-state index contributed by atoms with van der Waals surface area (Å²) in [5.74, 6) is 0. The van der Waals surface area contributed by atoms with Gasteiger partial charge in [0.1, 0.15) is 6.04 Å². The van der Waals surface area contributed by atoms with E-state index in [4.69, 9.17) is 4.99 Å². The van der Waals surface area contributed by atoms with Gasteiger partial charge in [0.05, 0.1) is 11.7 Å². The minimum absolute atomic E-state index is 0.0572. The molecule has 0 N–H and O–H groups in total. The van der Waals surface area contributed by atoms with Crippen LogP contribution in [0.4, 0.5) is 0 Å². The van der Waals surface area contributed by atoms with Crippen molar-refractivity contribution in [3.8, 4) is 0 Å². The van der Waals surface area contributed by atoms with Gasteiger partial charge < -0.3 is 4.90 Å². The topological polar surface area (TPSA) is 28.5 Å². The molecule has 0 saturated carbocycles. The summed E-state index contributed by atoms with van der Waals surface area (Å²) < 4.78 is 0. The summed E-state index contributed by atoms with van der Waals surface area (Å²) in [5, 5.41) is 1.74. The summed E-state index contributed by atoms with van der Waals surface area (Å²) in [4.78, 5) is 14.7. The molecule has 2 aromatic carbocycles. The Balaban J connectivity index is 1.42. The Kier molecular flexibility index (Phi) is 5.10. The monoisotopic (exact) mass is 417 g/mol. The highest BCUT2D eigenvalue weighted by molar-refractivity contribution is 8.14. The minimum atomic E-state index is 0.0572. The van der Waals surface area contributed by atoms with E-state index in [1.54, 1.807) is 11.8 Å². The van der Waals surface area contributed by atoms with Crippen LogP contribution in [0.3, 0.4) is 0 Å². The van der Waals surface area contributed by atoms with Crippen LogP contribution in [0.1, 0.15) is 35.8 Å². The third-order valence-electron chi connectivity index (χ3n) is 5.36. The predicted octanol–water partition coefficient (Wildman–Crippen LogP) is 6.13. The van der Waals surface area contributed by atoms with Gasteiger partial charge in [-0.15, -0.1) is 0 Å². The van der Waals surface area contributed by atoms with Crippen molar-refractivity contribution in [2.45, 2.75) is 41.0 Å². The van der Waals surface area contributed by atoms with Crippen LogP contribution in [0.2, 0.25) is 0 Å². The van der Waals surface area contributed by atoms with Crippen LogP contribution in [-0.4, -0.2) is 26.8 Å².